The van der Waals surface area contributed by atoms with E-state index < -0.39 is 0 Å². The Hall–Kier alpha value is -2.33. The van der Waals surface area contributed by atoms with E-state index in [2.05, 4.69) is 51.9 Å². The van der Waals surface area contributed by atoms with Crippen molar-refractivity contribution in [2.45, 2.75) is 38.6 Å². The van der Waals surface area contributed by atoms with Gasteiger partial charge in [0.25, 0.3) is 0 Å². The molecule has 0 N–H and O–H groups in total. The summed E-state index contributed by atoms with van der Waals surface area (Å²) in [7, 11) is 0. The first-order chi connectivity index (χ1) is 12.8. The van der Waals surface area contributed by atoms with Gasteiger partial charge in [0.2, 0.25) is 0 Å². The Balaban J connectivity index is 1.75. The molecule has 0 saturated carbocycles. The summed E-state index contributed by atoms with van der Waals surface area (Å²) in [6.45, 7) is 4.75. The Bertz CT molecular complexity index is 1030. The third-order valence-electron chi connectivity index (χ3n) is 6.94. The zero-order chi connectivity index (χ0) is 17.3. The predicted molar refractivity (Wildman–Crippen MR) is 102 cm³/mol. The molecule has 0 unspecified atom stereocenters. The van der Waals surface area contributed by atoms with Crippen LogP contribution in [0, 0.1) is 5.41 Å². The van der Waals surface area contributed by atoms with E-state index in [4.69, 9.17) is 4.52 Å². The molecule has 4 nitrogen and oxygen atoms in total. The van der Waals surface area contributed by atoms with E-state index >= 15 is 0 Å². The average Bonchev–Trinajstić information content (AvgIpc) is 3.33. The van der Waals surface area contributed by atoms with Crippen LogP contribution in [0.2, 0.25) is 0 Å². The van der Waals surface area contributed by atoms with Gasteiger partial charge in [0, 0.05) is 29.1 Å². The van der Waals surface area contributed by atoms with Gasteiger partial charge in [0.05, 0.1) is 23.5 Å². The minimum atomic E-state index is 0.194. The summed E-state index contributed by atoms with van der Waals surface area (Å²) in [5.41, 5.74) is 5.73. The van der Waals surface area contributed by atoms with Crippen LogP contribution in [0.5, 0.6) is 0 Å². The molecule has 3 aromatic rings. The van der Waals surface area contributed by atoms with Crippen LogP contribution in [0.4, 0.5) is 0 Å². The minimum Gasteiger partial charge on any atom is -0.355 e. The Kier molecular flexibility index (Phi) is 2.91. The van der Waals surface area contributed by atoms with Crippen molar-refractivity contribution in [2.75, 3.05) is 13.1 Å². The first-order valence-electron chi connectivity index (χ1n) is 9.83. The molecule has 2 atom stereocenters. The highest BCUT2D eigenvalue weighted by molar-refractivity contribution is 5.91. The second-order valence-electron chi connectivity index (χ2n) is 8.00. The van der Waals surface area contributed by atoms with Gasteiger partial charge in [-0.2, -0.15) is 0 Å². The minimum absolute atomic E-state index is 0.194. The average molecular weight is 345 g/mol. The van der Waals surface area contributed by atoms with Crippen molar-refractivity contribution >= 4 is 16.6 Å². The summed E-state index contributed by atoms with van der Waals surface area (Å²) in [6.07, 6.45) is 9.10. The van der Waals surface area contributed by atoms with Crippen molar-refractivity contribution in [1.29, 1.82) is 0 Å². The largest absolute Gasteiger partial charge is 0.355 e. The zero-order valence-corrected chi connectivity index (χ0v) is 15.1. The number of benzene rings is 1. The normalized spacial score (nSPS) is 27.4. The molecule has 0 bridgehead atoms. The molecule has 6 rings (SSSR count). The Morgan fingerprint density at radius 1 is 1.23 bits per heavy atom. The lowest BCUT2D eigenvalue weighted by Crippen LogP contribution is -2.50. The van der Waals surface area contributed by atoms with E-state index in [1.54, 1.807) is 11.8 Å². The van der Waals surface area contributed by atoms with Crippen LogP contribution < -0.4 is 0 Å². The summed E-state index contributed by atoms with van der Waals surface area (Å²) >= 11 is 0. The highest BCUT2D eigenvalue weighted by Gasteiger charge is 2.50. The highest BCUT2D eigenvalue weighted by Crippen LogP contribution is 2.57. The summed E-state index contributed by atoms with van der Waals surface area (Å²) in [6, 6.07) is 11.4. The van der Waals surface area contributed by atoms with Crippen LogP contribution in [0.3, 0.4) is 0 Å². The van der Waals surface area contributed by atoms with Crippen LogP contribution in [-0.4, -0.2) is 27.7 Å². The van der Waals surface area contributed by atoms with Gasteiger partial charge in [-0.05, 0) is 49.9 Å². The van der Waals surface area contributed by atoms with Crippen molar-refractivity contribution in [3.05, 3.63) is 59.6 Å². The van der Waals surface area contributed by atoms with Crippen molar-refractivity contribution in [3.63, 3.8) is 0 Å². The van der Waals surface area contributed by atoms with Gasteiger partial charge in [-0.25, -0.2) is 0 Å². The first kappa shape index (κ1) is 14.8. The quantitative estimate of drug-likeness (QED) is 0.679. The van der Waals surface area contributed by atoms with Crippen LogP contribution in [0.1, 0.15) is 49.2 Å². The standard InChI is InChI=1S/C22H23N3O/c1-2-22-10-5-12-24-13-9-16-15-6-3-4-7-17(15)25(20(16)21(22)24)18(14-22)19-8-11-23-26-19/h3-4,6-8,11,14,21H,2,5,9-10,12-13H2,1H3/t21-,22+/m1/s1. The van der Waals surface area contributed by atoms with Crippen molar-refractivity contribution < 1.29 is 4.52 Å². The molecule has 3 aliphatic heterocycles. The lowest BCUT2D eigenvalue weighted by atomic mass is 9.66. The molecule has 0 aliphatic carbocycles. The predicted octanol–water partition coefficient (Wildman–Crippen LogP) is 4.62. The number of nitrogens with zero attached hydrogens (tertiary/aromatic N) is 3. The number of hydrogen-bond donors (Lipinski definition) is 0. The maximum Gasteiger partial charge on any atom is 0.183 e. The third kappa shape index (κ3) is 1.71. The fourth-order valence-electron chi connectivity index (χ4n) is 5.81. The molecule has 0 radical (unpaired) electrons. The monoisotopic (exact) mass is 345 g/mol. The van der Waals surface area contributed by atoms with Gasteiger partial charge in [-0.3, -0.25) is 4.90 Å². The van der Waals surface area contributed by atoms with Crippen molar-refractivity contribution in [3.8, 4) is 0 Å². The third-order valence-corrected chi connectivity index (χ3v) is 6.94. The Labute approximate surface area is 153 Å². The molecule has 3 aliphatic rings. The van der Waals surface area contributed by atoms with E-state index in [-0.39, 0.29) is 5.41 Å². The van der Waals surface area contributed by atoms with Gasteiger partial charge >= 0.3 is 0 Å². The molecule has 2 aromatic heterocycles. The molecule has 0 amide bonds. The Morgan fingerprint density at radius 2 is 2.15 bits per heavy atom. The molecule has 1 aromatic carbocycles. The number of piperidine rings is 1. The van der Waals surface area contributed by atoms with E-state index in [9.17, 15) is 0 Å². The van der Waals surface area contributed by atoms with Crippen LogP contribution in [-0.2, 0) is 6.42 Å². The lowest BCUT2D eigenvalue weighted by molar-refractivity contribution is 0.0269. The van der Waals surface area contributed by atoms with Gasteiger partial charge in [-0.15, -0.1) is 0 Å². The number of fused-ring (bicyclic) bond motifs is 3. The van der Waals surface area contributed by atoms with Gasteiger partial charge in [0.15, 0.2) is 5.76 Å². The van der Waals surface area contributed by atoms with Crippen LogP contribution in [0.25, 0.3) is 16.6 Å². The summed E-state index contributed by atoms with van der Waals surface area (Å²) in [4.78, 5) is 2.73. The van der Waals surface area contributed by atoms with Gasteiger partial charge in [-0.1, -0.05) is 30.3 Å². The second-order valence-corrected chi connectivity index (χ2v) is 8.00. The van der Waals surface area contributed by atoms with Crippen LogP contribution in [0.15, 0.2) is 47.1 Å². The number of para-hydroxylation sites is 1. The van der Waals surface area contributed by atoms with E-state index in [0.29, 0.717) is 6.04 Å². The topological polar surface area (TPSA) is 34.2 Å². The van der Waals surface area contributed by atoms with Crippen molar-refractivity contribution in [2.24, 2.45) is 5.41 Å². The Morgan fingerprint density at radius 3 is 3.00 bits per heavy atom. The molecule has 5 heterocycles. The summed E-state index contributed by atoms with van der Waals surface area (Å²) in [5.74, 6) is 0.877. The molecular formula is C22H23N3O. The number of hydrogen-bond acceptors (Lipinski definition) is 3. The fraction of sp³-hybridized carbons (Fsp3) is 0.409. The fourth-order valence-corrected chi connectivity index (χ4v) is 5.81. The lowest BCUT2D eigenvalue weighted by Gasteiger charge is -2.53. The zero-order valence-electron chi connectivity index (χ0n) is 15.1. The SMILES string of the molecule is CC[C@@]12C=C(c3ccno3)n3c4c(c5ccccc53)CCN(CCC1)[C@H]42. The molecule has 132 valence electrons. The first-order valence-corrected chi connectivity index (χ1v) is 9.83. The maximum atomic E-state index is 5.65. The summed E-state index contributed by atoms with van der Waals surface area (Å²) in [5, 5.41) is 5.41. The van der Waals surface area contributed by atoms with Crippen molar-refractivity contribution in [1.82, 2.24) is 14.6 Å². The maximum absolute atomic E-state index is 5.65. The molecule has 0 spiro atoms. The molecule has 1 fully saturated rings. The van der Waals surface area contributed by atoms with Crippen LogP contribution >= 0.6 is 0 Å². The highest BCUT2D eigenvalue weighted by atomic mass is 16.5. The number of rotatable bonds is 2. The number of aromatic nitrogens is 2. The van der Waals surface area contributed by atoms with Gasteiger partial charge < -0.3 is 9.09 Å². The summed E-state index contributed by atoms with van der Waals surface area (Å²) < 4.78 is 8.12. The molecular weight excluding hydrogens is 322 g/mol. The van der Waals surface area contributed by atoms with Gasteiger partial charge in [0.1, 0.15) is 0 Å². The smallest absolute Gasteiger partial charge is 0.183 e. The van der Waals surface area contributed by atoms with E-state index in [1.807, 2.05) is 6.07 Å². The van der Waals surface area contributed by atoms with E-state index in [1.165, 1.54) is 48.2 Å². The second kappa shape index (κ2) is 5.10. The van der Waals surface area contributed by atoms with E-state index in [0.717, 1.165) is 18.6 Å². The molecule has 4 heteroatoms. The molecule has 26 heavy (non-hydrogen) atoms. The molecule has 1 saturated heterocycles.